The molecule has 0 aliphatic carbocycles. The van der Waals surface area contributed by atoms with E-state index in [9.17, 15) is 5.11 Å². The van der Waals surface area contributed by atoms with Crippen molar-refractivity contribution in [2.24, 2.45) is 0 Å². The second-order valence-corrected chi connectivity index (χ2v) is 10.3. The predicted molar refractivity (Wildman–Crippen MR) is 144 cm³/mol. The van der Waals surface area contributed by atoms with Gasteiger partial charge in [0.2, 0.25) is 0 Å². The maximum absolute atomic E-state index is 11.1. The van der Waals surface area contributed by atoms with Crippen molar-refractivity contribution in [2.45, 2.75) is 65.1 Å². The molecule has 2 heterocycles. The van der Waals surface area contributed by atoms with Gasteiger partial charge >= 0.3 is 0 Å². The summed E-state index contributed by atoms with van der Waals surface area (Å²) < 4.78 is 14.2. The van der Waals surface area contributed by atoms with Crippen LogP contribution in [0.1, 0.15) is 48.7 Å². The highest BCUT2D eigenvalue weighted by Gasteiger charge is 2.33. The maximum Gasteiger partial charge on any atom is 0.120 e. The third-order valence-corrected chi connectivity index (χ3v) is 7.54. The summed E-state index contributed by atoms with van der Waals surface area (Å²) in [6.07, 6.45) is 7.14. The standard InChI is InChI=1S/C29H38ClN3O3/c1-4-27-31-11-15-33(27)12-6-16-35-25-8-5-7-24(19-25)20-32-13-9-29(34,10-14-32)21-36-26-17-22(2)28(30)23(3)18-26/h5,7-8,11,15,17-19,34H,4,6,9-10,12-14,16,20-21H2,1-3H3. The Morgan fingerprint density at radius 3 is 2.53 bits per heavy atom. The molecule has 1 aliphatic heterocycles. The molecule has 1 aromatic heterocycles. The van der Waals surface area contributed by atoms with Gasteiger partial charge in [0.15, 0.2) is 0 Å². The zero-order chi connectivity index (χ0) is 25.5. The van der Waals surface area contributed by atoms with Crippen molar-refractivity contribution in [3.05, 3.63) is 76.3 Å². The topological polar surface area (TPSA) is 59.8 Å². The highest BCUT2D eigenvalue weighted by atomic mass is 35.5. The number of ether oxygens (including phenoxy) is 2. The van der Waals surface area contributed by atoms with Crippen LogP contribution in [0.3, 0.4) is 0 Å². The number of aryl methyl sites for hydroxylation is 4. The Morgan fingerprint density at radius 2 is 1.81 bits per heavy atom. The van der Waals surface area contributed by atoms with E-state index in [-0.39, 0.29) is 0 Å². The first-order chi connectivity index (χ1) is 17.3. The van der Waals surface area contributed by atoms with Gasteiger partial charge in [0.05, 0.1) is 6.61 Å². The quantitative estimate of drug-likeness (QED) is 0.340. The molecular formula is C29H38ClN3O3. The van der Waals surface area contributed by atoms with Crippen LogP contribution in [-0.4, -0.2) is 51.5 Å². The molecule has 194 valence electrons. The Kier molecular flexibility index (Phi) is 8.94. The number of aliphatic hydroxyl groups is 1. The normalized spacial score (nSPS) is 15.7. The molecule has 0 unspecified atom stereocenters. The van der Waals surface area contributed by atoms with Gasteiger partial charge in [-0.3, -0.25) is 4.90 Å². The fourth-order valence-electron chi connectivity index (χ4n) is 4.75. The van der Waals surface area contributed by atoms with Crippen molar-refractivity contribution in [1.82, 2.24) is 14.5 Å². The Hall–Kier alpha value is -2.54. The van der Waals surface area contributed by atoms with Crippen LogP contribution in [0, 0.1) is 13.8 Å². The van der Waals surface area contributed by atoms with Crippen molar-refractivity contribution in [2.75, 3.05) is 26.3 Å². The van der Waals surface area contributed by atoms with Crippen molar-refractivity contribution in [1.29, 1.82) is 0 Å². The highest BCUT2D eigenvalue weighted by Crippen LogP contribution is 2.29. The molecule has 0 bridgehead atoms. The molecule has 1 aliphatic rings. The van der Waals surface area contributed by atoms with Gasteiger partial charge in [-0.25, -0.2) is 4.98 Å². The molecule has 0 atom stereocenters. The molecule has 0 radical (unpaired) electrons. The zero-order valence-corrected chi connectivity index (χ0v) is 22.4. The number of aromatic nitrogens is 2. The van der Waals surface area contributed by atoms with E-state index in [1.807, 2.05) is 44.4 Å². The fourth-order valence-corrected chi connectivity index (χ4v) is 4.86. The summed E-state index contributed by atoms with van der Waals surface area (Å²) in [5, 5.41) is 11.8. The van der Waals surface area contributed by atoms with Gasteiger partial charge < -0.3 is 19.1 Å². The number of benzene rings is 2. The molecule has 0 saturated carbocycles. The van der Waals surface area contributed by atoms with Gasteiger partial charge in [-0.05, 0) is 74.1 Å². The number of hydrogen-bond acceptors (Lipinski definition) is 5. The Morgan fingerprint density at radius 1 is 1.06 bits per heavy atom. The molecule has 0 spiro atoms. The van der Waals surface area contributed by atoms with Crippen molar-refractivity contribution >= 4 is 11.6 Å². The molecule has 1 N–H and O–H groups in total. The lowest BCUT2D eigenvalue weighted by molar-refractivity contribution is -0.0537. The number of hydrogen-bond donors (Lipinski definition) is 1. The van der Waals surface area contributed by atoms with Gasteiger partial charge in [0.1, 0.15) is 29.5 Å². The molecule has 3 aromatic rings. The van der Waals surface area contributed by atoms with Crippen LogP contribution >= 0.6 is 11.6 Å². The van der Waals surface area contributed by atoms with Gasteiger partial charge in [0.25, 0.3) is 0 Å². The van der Waals surface area contributed by atoms with E-state index in [0.29, 0.717) is 26.1 Å². The largest absolute Gasteiger partial charge is 0.494 e. The third-order valence-electron chi connectivity index (χ3n) is 6.94. The summed E-state index contributed by atoms with van der Waals surface area (Å²) in [4.78, 5) is 6.76. The first-order valence-corrected chi connectivity index (χ1v) is 13.3. The average molecular weight is 512 g/mol. The molecule has 0 amide bonds. The van der Waals surface area contributed by atoms with Crippen LogP contribution in [0.2, 0.25) is 5.02 Å². The molecule has 7 heteroatoms. The van der Waals surface area contributed by atoms with E-state index in [1.165, 1.54) is 5.56 Å². The Balaban J connectivity index is 1.21. The average Bonchev–Trinajstić information content (AvgIpc) is 3.33. The SMILES string of the molecule is CCc1nccn1CCCOc1cccc(CN2CCC(O)(COc3cc(C)c(Cl)c(C)c3)CC2)c1. The maximum atomic E-state index is 11.1. The summed E-state index contributed by atoms with van der Waals surface area (Å²) in [7, 11) is 0. The lowest BCUT2D eigenvalue weighted by atomic mass is 9.92. The van der Waals surface area contributed by atoms with Crippen LogP contribution in [-0.2, 0) is 19.5 Å². The van der Waals surface area contributed by atoms with E-state index in [0.717, 1.165) is 72.5 Å². The lowest BCUT2D eigenvalue weighted by Crippen LogP contribution is -2.47. The first kappa shape index (κ1) is 26.5. The highest BCUT2D eigenvalue weighted by molar-refractivity contribution is 6.32. The van der Waals surface area contributed by atoms with Crippen molar-refractivity contribution in [3.8, 4) is 11.5 Å². The third kappa shape index (κ3) is 7.02. The lowest BCUT2D eigenvalue weighted by Gasteiger charge is -2.38. The number of halogens is 1. The molecule has 1 saturated heterocycles. The monoisotopic (exact) mass is 511 g/mol. The van der Waals surface area contributed by atoms with E-state index in [4.69, 9.17) is 21.1 Å². The Labute approximate surface area is 219 Å². The number of imidazole rings is 1. The van der Waals surface area contributed by atoms with Crippen LogP contribution in [0.4, 0.5) is 0 Å². The number of likely N-dealkylation sites (tertiary alicyclic amines) is 1. The summed E-state index contributed by atoms with van der Waals surface area (Å²) >= 11 is 6.26. The van der Waals surface area contributed by atoms with Crippen molar-refractivity contribution in [3.63, 3.8) is 0 Å². The predicted octanol–water partition coefficient (Wildman–Crippen LogP) is 5.59. The van der Waals surface area contributed by atoms with E-state index < -0.39 is 5.60 Å². The van der Waals surface area contributed by atoms with Crippen LogP contribution in [0.25, 0.3) is 0 Å². The number of piperidine rings is 1. The van der Waals surface area contributed by atoms with Crippen molar-refractivity contribution < 1.29 is 14.6 Å². The molecule has 2 aromatic carbocycles. The van der Waals surface area contributed by atoms with Crippen LogP contribution in [0.5, 0.6) is 11.5 Å². The van der Waals surface area contributed by atoms with E-state index in [2.05, 4.69) is 39.6 Å². The van der Waals surface area contributed by atoms with Gasteiger partial charge in [-0.1, -0.05) is 30.7 Å². The van der Waals surface area contributed by atoms with Gasteiger partial charge in [0, 0.05) is 50.0 Å². The smallest absolute Gasteiger partial charge is 0.120 e. The fraction of sp³-hybridized carbons (Fsp3) is 0.483. The Bertz CT molecular complexity index is 1120. The minimum atomic E-state index is -0.810. The summed E-state index contributed by atoms with van der Waals surface area (Å²) in [5.41, 5.74) is 2.40. The molecule has 1 fully saturated rings. The second-order valence-electron chi connectivity index (χ2n) is 9.90. The minimum Gasteiger partial charge on any atom is -0.494 e. The first-order valence-electron chi connectivity index (χ1n) is 12.9. The zero-order valence-electron chi connectivity index (χ0n) is 21.7. The van der Waals surface area contributed by atoms with E-state index >= 15 is 0 Å². The summed E-state index contributed by atoms with van der Waals surface area (Å²) in [6, 6.07) is 12.2. The number of rotatable bonds is 11. The molecular weight excluding hydrogens is 474 g/mol. The van der Waals surface area contributed by atoms with Crippen LogP contribution in [0.15, 0.2) is 48.8 Å². The molecule has 4 rings (SSSR count). The minimum absolute atomic E-state index is 0.295. The molecule has 6 nitrogen and oxygen atoms in total. The van der Waals surface area contributed by atoms with Crippen LogP contribution < -0.4 is 9.47 Å². The summed E-state index contributed by atoms with van der Waals surface area (Å²) in [5.74, 6) is 2.79. The van der Waals surface area contributed by atoms with Gasteiger partial charge in [-0.2, -0.15) is 0 Å². The van der Waals surface area contributed by atoms with E-state index in [1.54, 1.807) is 0 Å². The number of nitrogens with zero attached hydrogens (tertiary/aromatic N) is 3. The summed E-state index contributed by atoms with van der Waals surface area (Å²) in [6.45, 7) is 10.5. The molecule has 36 heavy (non-hydrogen) atoms. The second kappa shape index (κ2) is 12.1. The van der Waals surface area contributed by atoms with Gasteiger partial charge in [-0.15, -0.1) is 0 Å².